The van der Waals surface area contributed by atoms with Crippen molar-refractivity contribution < 1.29 is 4.39 Å². The number of halogens is 1. The van der Waals surface area contributed by atoms with E-state index in [1.807, 2.05) is 6.07 Å². The smallest absolute Gasteiger partial charge is 0.123 e. The van der Waals surface area contributed by atoms with Gasteiger partial charge >= 0.3 is 0 Å². The molecule has 0 fully saturated rings. The summed E-state index contributed by atoms with van der Waals surface area (Å²) in [5.74, 6) is -0.192. The van der Waals surface area contributed by atoms with Gasteiger partial charge in [0.2, 0.25) is 0 Å². The van der Waals surface area contributed by atoms with Crippen molar-refractivity contribution in [1.29, 1.82) is 0 Å². The Morgan fingerprint density at radius 3 is 2.74 bits per heavy atom. The van der Waals surface area contributed by atoms with E-state index < -0.39 is 0 Å². The molecule has 2 N–H and O–H groups in total. The Labute approximate surface area is 112 Å². The number of rotatable bonds is 3. The fraction of sp³-hybridized carbons (Fsp3) is 0.250. The van der Waals surface area contributed by atoms with Crippen molar-refractivity contribution in [2.45, 2.75) is 6.42 Å². The van der Waals surface area contributed by atoms with Crippen molar-refractivity contribution in [2.75, 3.05) is 24.5 Å². The van der Waals surface area contributed by atoms with Crippen molar-refractivity contribution in [1.82, 2.24) is 0 Å². The maximum absolute atomic E-state index is 13.3. The highest BCUT2D eigenvalue weighted by Gasteiger charge is 2.18. The van der Waals surface area contributed by atoms with E-state index >= 15 is 0 Å². The molecule has 0 saturated carbocycles. The molecule has 3 rings (SSSR count). The van der Waals surface area contributed by atoms with Gasteiger partial charge in [-0.1, -0.05) is 18.2 Å². The molecule has 0 radical (unpaired) electrons. The summed E-state index contributed by atoms with van der Waals surface area (Å²) in [4.78, 5) is 2.31. The lowest BCUT2D eigenvalue weighted by atomic mass is 10.0. The van der Waals surface area contributed by atoms with Crippen LogP contribution in [0.15, 0.2) is 42.5 Å². The van der Waals surface area contributed by atoms with Gasteiger partial charge in [-0.2, -0.15) is 0 Å². The number of fused-ring (bicyclic) bond motifs is 1. The van der Waals surface area contributed by atoms with Gasteiger partial charge in [-0.3, -0.25) is 0 Å². The first-order valence-electron chi connectivity index (χ1n) is 6.62. The number of hydrogen-bond acceptors (Lipinski definition) is 2. The van der Waals surface area contributed by atoms with Gasteiger partial charge in [-0.15, -0.1) is 0 Å². The minimum Gasteiger partial charge on any atom is -0.370 e. The van der Waals surface area contributed by atoms with Gasteiger partial charge in [0.25, 0.3) is 0 Å². The zero-order valence-corrected chi connectivity index (χ0v) is 10.8. The summed E-state index contributed by atoms with van der Waals surface area (Å²) in [6.07, 6.45) is 1.04. The minimum atomic E-state index is -0.192. The zero-order chi connectivity index (χ0) is 13.2. The third-order valence-corrected chi connectivity index (χ3v) is 3.63. The van der Waals surface area contributed by atoms with Crippen LogP contribution in [0, 0.1) is 5.82 Å². The summed E-state index contributed by atoms with van der Waals surface area (Å²) < 4.78 is 13.3. The first-order chi connectivity index (χ1) is 9.28. The molecule has 0 saturated heterocycles. The van der Waals surface area contributed by atoms with Crippen molar-refractivity contribution in [3.63, 3.8) is 0 Å². The molecule has 0 aromatic heterocycles. The molecule has 1 aliphatic rings. The van der Waals surface area contributed by atoms with Crippen LogP contribution in [0.1, 0.15) is 5.56 Å². The van der Waals surface area contributed by atoms with Crippen LogP contribution in [0.5, 0.6) is 0 Å². The summed E-state index contributed by atoms with van der Waals surface area (Å²) in [6.45, 7) is 2.59. The highest BCUT2D eigenvalue weighted by atomic mass is 19.1. The molecule has 0 amide bonds. The van der Waals surface area contributed by atoms with Crippen LogP contribution in [0.2, 0.25) is 0 Å². The van der Waals surface area contributed by atoms with Crippen LogP contribution in [-0.2, 0) is 6.42 Å². The summed E-state index contributed by atoms with van der Waals surface area (Å²) in [5.41, 5.74) is 10.2. The predicted molar refractivity (Wildman–Crippen MR) is 76.8 cm³/mol. The number of benzene rings is 2. The maximum atomic E-state index is 13.3. The van der Waals surface area contributed by atoms with Crippen LogP contribution in [0.25, 0.3) is 11.1 Å². The Morgan fingerprint density at radius 1 is 1.11 bits per heavy atom. The van der Waals surface area contributed by atoms with Crippen LogP contribution in [-0.4, -0.2) is 19.6 Å². The lowest BCUT2D eigenvalue weighted by molar-refractivity contribution is 0.628. The molecule has 0 aliphatic carbocycles. The van der Waals surface area contributed by atoms with E-state index in [-0.39, 0.29) is 5.82 Å². The molecule has 1 aliphatic heterocycles. The second-order valence-corrected chi connectivity index (χ2v) is 4.88. The molecule has 0 atom stereocenters. The number of anilines is 1. The highest BCUT2D eigenvalue weighted by Crippen LogP contribution is 2.32. The van der Waals surface area contributed by atoms with E-state index in [2.05, 4.69) is 23.1 Å². The minimum absolute atomic E-state index is 0.192. The first kappa shape index (κ1) is 12.2. The number of nitrogens with zero attached hydrogens (tertiary/aromatic N) is 1. The van der Waals surface area contributed by atoms with Gasteiger partial charge in [-0.25, -0.2) is 4.39 Å². The van der Waals surface area contributed by atoms with Gasteiger partial charge in [-0.05, 0) is 47.4 Å². The fourth-order valence-electron chi connectivity index (χ4n) is 2.71. The first-order valence-corrected chi connectivity index (χ1v) is 6.62. The van der Waals surface area contributed by atoms with Crippen LogP contribution in [0.4, 0.5) is 10.1 Å². The number of nitrogens with two attached hydrogens (primary N) is 1. The largest absolute Gasteiger partial charge is 0.370 e. The van der Waals surface area contributed by atoms with Gasteiger partial charge in [0, 0.05) is 25.3 Å². The molecule has 98 valence electrons. The van der Waals surface area contributed by atoms with Crippen molar-refractivity contribution in [2.24, 2.45) is 5.73 Å². The Hall–Kier alpha value is -1.87. The summed E-state index contributed by atoms with van der Waals surface area (Å²) in [7, 11) is 0. The molecule has 2 aromatic carbocycles. The molecule has 2 nitrogen and oxygen atoms in total. The predicted octanol–water partition coefficient (Wildman–Crippen LogP) is 2.81. The molecule has 2 aromatic rings. The SMILES string of the molecule is NCCN1CCc2cc(-c3cccc(F)c3)ccc21. The fourth-order valence-corrected chi connectivity index (χ4v) is 2.71. The molecule has 3 heteroatoms. The second kappa shape index (κ2) is 5.02. The third kappa shape index (κ3) is 2.34. The van der Waals surface area contributed by atoms with Crippen molar-refractivity contribution in [3.05, 3.63) is 53.8 Å². The van der Waals surface area contributed by atoms with E-state index in [9.17, 15) is 4.39 Å². The normalized spacial score (nSPS) is 13.7. The van der Waals surface area contributed by atoms with E-state index in [0.29, 0.717) is 6.54 Å². The van der Waals surface area contributed by atoms with Crippen LogP contribution < -0.4 is 10.6 Å². The Morgan fingerprint density at radius 2 is 1.95 bits per heavy atom. The highest BCUT2D eigenvalue weighted by molar-refractivity contribution is 5.70. The van der Waals surface area contributed by atoms with Crippen LogP contribution in [0.3, 0.4) is 0 Å². The molecular formula is C16H17FN2. The Kier molecular flexibility index (Phi) is 3.22. The summed E-state index contributed by atoms with van der Waals surface area (Å²) >= 11 is 0. The average Bonchev–Trinajstić information content (AvgIpc) is 2.82. The van der Waals surface area contributed by atoms with Crippen molar-refractivity contribution >= 4 is 5.69 Å². The zero-order valence-electron chi connectivity index (χ0n) is 10.8. The third-order valence-electron chi connectivity index (χ3n) is 3.63. The topological polar surface area (TPSA) is 29.3 Å². The molecular weight excluding hydrogens is 239 g/mol. The molecule has 19 heavy (non-hydrogen) atoms. The second-order valence-electron chi connectivity index (χ2n) is 4.88. The van der Waals surface area contributed by atoms with E-state index in [1.165, 1.54) is 17.3 Å². The molecule has 0 unspecified atom stereocenters. The van der Waals surface area contributed by atoms with E-state index in [4.69, 9.17) is 5.73 Å². The van der Waals surface area contributed by atoms with Gasteiger partial charge < -0.3 is 10.6 Å². The van der Waals surface area contributed by atoms with Gasteiger partial charge in [0.15, 0.2) is 0 Å². The van der Waals surface area contributed by atoms with Gasteiger partial charge in [0.1, 0.15) is 5.82 Å². The molecule has 1 heterocycles. The summed E-state index contributed by atoms with van der Waals surface area (Å²) in [6, 6.07) is 13.1. The maximum Gasteiger partial charge on any atom is 0.123 e. The summed E-state index contributed by atoms with van der Waals surface area (Å²) in [5, 5.41) is 0. The van der Waals surface area contributed by atoms with E-state index in [1.54, 1.807) is 12.1 Å². The van der Waals surface area contributed by atoms with Gasteiger partial charge in [0.05, 0.1) is 0 Å². The quantitative estimate of drug-likeness (QED) is 0.915. The monoisotopic (exact) mass is 256 g/mol. The Bertz CT molecular complexity index is 595. The Balaban J connectivity index is 1.95. The lowest BCUT2D eigenvalue weighted by Gasteiger charge is -2.18. The molecule has 0 bridgehead atoms. The van der Waals surface area contributed by atoms with Crippen molar-refractivity contribution in [3.8, 4) is 11.1 Å². The number of hydrogen-bond donors (Lipinski definition) is 1. The molecule has 0 spiro atoms. The van der Waals surface area contributed by atoms with Crippen LogP contribution >= 0.6 is 0 Å². The average molecular weight is 256 g/mol. The lowest BCUT2D eigenvalue weighted by Crippen LogP contribution is -2.27. The standard InChI is InChI=1S/C16H17FN2/c17-15-3-1-2-12(11-15)13-4-5-16-14(10-13)6-8-19(16)9-7-18/h1-5,10-11H,6-9,18H2. The van der Waals surface area contributed by atoms with E-state index in [0.717, 1.165) is 30.6 Å².